The molecule has 0 aliphatic heterocycles. The van der Waals surface area contributed by atoms with E-state index in [9.17, 15) is 0 Å². The van der Waals surface area contributed by atoms with Crippen LogP contribution in [-0.2, 0) is 6.42 Å². The monoisotopic (exact) mass is 333 g/mol. The van der Waals surface area contributed by atoms with Gasteiger partial charge in [0.15, 0.2) is 5.75 Å². The van der Waals surface area contributed by atoms with Gasteiger partial charge in [-0.15, -0.1) is 11.8 Å². The summed E-state index contributed by atoms with van der Waals surface area (Å²) in [4.78, 5) is 5.59. The van der Waals surface area contributed by atoms with Gasteiger partial charge in [-0.1, -0.05) is 67.0 Å². The van der Waals surface area contributed by atoms with Gasteiger partial charge >= 0.3 is 0 Å². The fraction of sp³-hybridized carbons (Fsp3) is 0.348. The number of hydrogen-bond acceptors (Lipinski definition) is 2. The molecule has 2 aromatic rings. The molecule has 0 saturated heterocycles. The van der Waals surface area contributed by atoms with Crippen LogP contribution in [0, 0.1) is 11.8 Å². The van der Waals surface area contributed by atoms with E-state index in [1.807, 2.05) is 36.4 Å². The van der Waals surface area contributed by atoms with E-state index in [2.05, 4.69) is 48.2 Å². The lowest BCUT2D eigenvalue weighted by Crippen LogP contribution is -2.03. The van der Waals surface area contributed by atoms with Gasteiger partial charge in [0, 0.05) is 12.8 Å². The molecule has 2 rings (SSSR count). The number of unbranched alkanes of at least 4 members (excludes halogenated alkanes) is 2. The van der Waals surface area contributed by atoms with Gasteiger partial charge in [0.1, 0.15) is 0 Å². The molecule has 130 valence electrons. The van der Waals surface area contributed by atoms with Crippen LogP contribution in [0.2, 0.25) is 0 Å². The van der Waals surface area contributed by atoms with Gasteiger partial charge in [-0.25, -0.2) is 0 Å². The van der Waals surface area contributed by atoms with Crippen LogP contribution in [0.3, 0.4) is 0 Å². The number of oxime groups is 1. The predicted octanol–water partition coefficient (Wildman–Crippen LogP) is 6.03. The third-order valence-corrected chi connectivity index (χ3v) is 3.89. The molecular formula is C23H27NO. The molecule has 0 amide bonds. The molecular weight excluding hydrogens is 306 g/mol. The summed E-state index contributed by atoms with van der Waals surface area (Å²) < 4.78 is 0. The standard InChI is InChI=1S/C23H27NO/c1-2-3-4-5-6-11-16-22(20-19-21-14-9-7-10-15-21)24-25-23-17-12-8-13-18-23/h7-10,12-15,17-18H,2-4,11,16,19-20H2,1H3/b24-22-. The number of benzene rings is 2. The Balaban J connectivity index is 1.90. The summed E-state index contributed by atoms with van der Waals surface area (Å²) in [7, 11) is 0. The van der Waals surface area contributed by atoms with Crippen molar-refractivity contribution in [3.05, 3.63) is 66.2 Å². The molecule has 25 heavy (non-hydrogen) atoms. The van der Waals surface area contributed by atoms with Crippen LogP contribution in [0.5, 0.6) is 5.75 Å². The van der Waals surface area contributed by atoms with Crippen LogP contribution >= 0.6 is 0 Å². The van der Waals surface area contributed by atoms with E-state index in [-0.39, 0.29) is 0 Å². The summed E-state index contributed by atoms with van der Waals surface area (Å²) in [5, 5.41) is 4.39. The Kier molecular flexibility index (Phi) is 8.97. The maximum atomic E-state index is 5.59. The Morgan fingerprint density at radius 1 is 0.880 bits per heavy atom. The maximum Gasteiger partial charge on any atom is 0.157 e. The molecule has 0 bridgehead atoms. The second-order valence-electron chi connectivity index (χ2n) is 6.00. The van der Waals surface area contributed by atoms with Crippen molar-refractivity contribution in [2.45, 2.75) is 51.9 Å². The minimum atomic E-state index is 0.772. The zero-order valence-corrected chi connectivity index (χ0v) is 15.1. The highest BCUT2D eigenvalue weighted by Gasteiger charge is 2.02. The Bertz CT molecular complexity index is 680. The molecule has 0 heterocycles. The SMILES string of the molecule is CCCCC#CCC/C(CCc1ccccc1)=N/Oc1ccccc1. The molecule has 0 atom stereocenters. The van der Waals surface area contributed by atoms with E-state index in [0.29, 0.717) is 0 Å². The molecule has 2 nitrogen and oxygen atoms in total. The molecule has 0 aliphatic carbocycles. The van der Waals surface area contributed by atoms with E-state index in [1.54, 1.807) is 0 Å². The van der Waals surface area contributed by atoms with E-state index in [4.69, 9.17) is 4.84 Å². The summed E-state index contributed by atoms with van der Waals surface area (Å²) in [6, 6.07) is 20.2. The first kappa shape index (κ1) is 18.8. The normalized spacial score (nSPS) is 10.8. The van der Waals surface area contributed by atoms with Gasteiger partial charge in [-0.05, 0) is 43.4 Å². The fourth-order valence-corrected chi connectivity index (χ4v) is 2.40. The number of para-hydroxylation sites is 1. The molecule has 0 aromatic heterocycles. The van der Waals surface area contributed by atoms with Crippen LogP contribution in [0.4, 0.5) is 0 Å². The smallest absolute Gasteiger partial charge is 0.157 e. The summed E-state index contributed by atoms with van der Waals surface area (Å²) in [6.07, 6.45) is 6.94. The summed E-state index contributed by atoms with van der Waals surface area (Å²) in [6.45, 7) is 2.19. The van der Waals surface area contributed by atoms with Gasteiger partial charge in [0.25, 0.3) is 0 Å². The molecule has 0 saturated carbocycles. The van der Waals surface area contributed by atoms with Crippen LogP contribution in [-0.4, -0.2) is 5.71 Å². The fourth-order valence-electron chi connectivity index (χ4n) is 2.40. The largest absolute Gasteiger partial charge is 0.357 e. The number of hydrogen-bond donors (Lipinski definition) is 0. The third kappa shape index (κ3) is 8.22. The van der Waals surface area contributed by atoms with Crippen LogP contribution in [0.25, 0.3) is 0 Å². The van der Waals surface area contributed by atoms with Gasteiger partial charge in [0.05, 0.1) is 5.71 Å². The lowest BCUT2D eigenvalue weighted by molar-refractivity contribution is 0.338. The second kappa shape index (κ2) is 11.9. The maximum absolute atomic E-state index is 5.59. The van der Waals surface area contributed by atoms with Crippen molar-refractivity contribution in [3.8, 4) is 17.6 Å². The Hall–Kier alpha value is -2.53. The number of aryl methyl sites for hydroxylation is 1. The van der Waals surface area contributed by atoms with Crippen molar-refractivity contribution in [1.82, 2.24) is 0 Å². The van der Waals surface area contributed by atoms with E-state index in [1.165, 1.54) is 18.4 Å². The minimum Gasteiger partial charge on any atom is -0.357 e. The molecule has 0 radical (unpaired) electrons. The zero-order chi connectivity index (χ0) is 17.6. The molecule has 2 aromatic carbocycles. The Morgan fingerprint density at radius 2 is 1.56 bits per heavy atom. The summed E-state index contributed by atoms with van der Waals surface area (Å²) >= 11 is 0. The lowest BCUT2D eigenvalue weighted by Gasteiger charge is -2.06. The van der Waals surface area contributed by atoms with Crippen LogP contribution in [0.15, 0.2) is 65.8 Å². The van der Waals surface area contributed by atoms with E-state index >= 15 is 0 Å². The zero-order valence-electron chi connectivity index (χ0n) is 15.1. The van der Waals surface area contributed by atoms with Crippen LogP contribution < -0.4 is 4.84 Å². The first-order valence-corrected chi connectivity index (χ1v) is 9.16. The quantitative estimate of drug-likeness (QED) is 0.238. The predicted molar refractivity (Wildman–Crippen MR) is 106 cm³/mol. The van der Waals surface area contributed by atoms with Crippen molar-refractivity contribution in [2.24, 2.45) is 5.16 Å². The highest BCUT2D eigenvalue weighted by atomic mass is 16.6. The van der Waals surface area contributed by atoms with Crippen molar-refractivity contribution in [1.29, 1.82) is 0 Å². The van der Waals surface area contributed by atoms with Crippen molar-refractivity contribution in [2.75, 3.05) is 0 Å². The van der Waals surface area contributed by atoms with Crippen LogP contribution in [0.1, 0.15) is 51.0 Å². The Labute approximate surface area is 151 Å². The molecule has 0 aliphatic rings. The number of rotatable bonds is 9. The molecule has 0 unspecified atom stereocenters. The molecule has 0 fully saturated rings. The van der Waals surface area contributed by atoms with Gasteiger partial charge in [0.2, 0.25) is 0 Å². The number of nitrogens with zero attached hydrogens (tertiary/aromatic N) is 1. The molecule has 0 spiro atoms. The van der Waals surface area contributed by atoms with E-state index in [0.717, 1.165) is 43.6 Å². The van der Waals surface area contributed by atoms with E-state index < -0.39 is 0 Å². The third-order valence-electron chi connectivity index (χ3n) is 3.89. The molecule has 2 heteroatoms. The average Bonchev–Trinajstić information content (AvgIpc) is 2.67. The average molecular weight is 333 g/mol. The highest BCUT2D eigenvalue weighted by Crippen LogP contribution is 2.11. The van der Waals surface area contributed by atoms with Crippen molar-refractivity contribution >= 4 is 5.71 Å². The minimum absolute atomic E-state index is 0.772. The molecule has 0 N–H and O–H groups in total. The topological polar surface area (TPSA) is 21.6 Å². The summed E-state index contributed by atoms with van der Waals surface area (Å²) in [5.74, 6) is 7.28. The first-order valence-electron chi connectivity index (χ1n) is 9.16. The van der Waals surface area contributed by atoms with Gasteiger partial charge < -0.3 is 4.84 Å². The van der Waals surface area contributed by atoms with Crippen molar-refractivity contribution < 1.29 is 4.84 Å². The van der Waals surface area contributed by atoms with Crippen molar-refractivity contribution in [3.63, 3.8) is 0 Å². The highest BCUT2D eigenvalue weighted by molar-refractivity contribution is 5.84. The van der Waals surface area contributed by atoms with Gasteiger partial charge in [-0.2, -0.15) is 0 Å². The lowest BCUT2D eigenvalue weighted by atomic mass is 10.0. The Morgan fingerprint density at radius 3 is 2.28 bits per heavy atom. The first-order chi connectivity index (χ1) is 12.4. The van der Waals surface area contributed by atoms with Gasteiger partial charge in [-0.3, -0.25) is 0 Å². The summed E-state index contributed by atoms with van der Waals surface area (Å²) in [5.41, 5.74) is 2.39. The second-order valence-corrected chi connectivity index (χ2v) is 6.00.